The number of ketones is 2. The van der Waals surface area contributed by atoms with Gasteiger partial charge >= 0.3 is 0 Å². The van der Waals surface area contributed by atoms with Gasteiger partial charge in [0.1, 0.15) is 0 Å². The van der Waals surface area contributed by atoms with E-state index in [9.17, 15) is 14.4 Å². The summed E-state index contributed by atoms with van der Waals surface area (Å²) in [4.78, 5) is 41.5. The molecule has 1 N–H and O–H groups in total. The van der Waals surface area contributed by atoms with Gasteiger partial charge in [0.25, 0.3) is 5.91 Å². The molecular weight excluding hydrogens is 575 g/mol. The summed E-state index contributed by atoms with van der Waals surface area (Å²) in [5.74, 6) is -0.340. The zero-order valence-corrected chi connectivity index (χ0v) is 24.5. The summed E-state index contributed by atoms with van der Waals surface area (Å²) in [6.45, 7) is 2.41. The SMILES string of the molecule is CCN1C2=C(C(=O)CCC2)C(c2cc(Cl)c(OCC(=O)Nc3ccc(Cl)c(Cl)c3)c(OC)c2)C2=C1CCCC2=O. The summed E-state index contributed by atoms with van der Waals surface area (Å²) < 4.78 is 11.4. The van der Waals surface area contributed by atoms with E-state index in [1.807, 2.05) is 0 Å². The predicted molar refractivity (Wildman–Crippen MR) is 155 cm³/mol. The number of Topliss-reactive ketones (excluding diaryl/α,β-unsaturated/α-hetero) is 2. The lowest BCUT2D eigenvalue weighted by molar-refractivity contribution is -0.118. The molecule has 1 amide bonds. The van der Waals surface area contributed by atoms with Crippen molar-refractivity contribution in [3.63, 3.8) is 0 Å². The van der Waals surface area contributed by atoms with Crippen LogP contribution in [-0.2, 0) is 14.4 Å². The number of nitrogens with one attached hydrogen (secondary N) is 1. The molecule has 2 aromatic carbocycles. The number of amides is 1. The Bertz CT molecular complexity index is 1420. The number of hydrogen-bond donors (Lipinski definition) is 1. The number of ether oxygens (including phenoxy) is 2. The summed E-state index contributed by atoms with van der Waals surface area (Å²) in [7, 11) is 1.48. The monoisotopic (exact) mass is 602 g/mol. The Kier molecular flexibility index (Phi) is 8.45. The van der Waals surface area contributed by atoms with Crippen molar-refractivity contribution < 1.29 is 23.9 Å². The molecule has 10 heteroatoms. The number of nitrogens with zero attached hydrogens (tertiary/aromatic N) is 1. The van der Waals surface area contributed by atoms with Gasteiger partial charge < -0.3 is 19.7 Å². The van der Waals surface area contributed by atoms with Crippen molar-refractivity contribution in [2.24, 2.45) is 0 Å². The molecule has 7 nitrogen and oxygen atoms in total. The molecular formula is C30H29Cl3N2O5. The van der Waals surface area contributed by atoms with E-state index in [0.29, 0.717) is 57.6 Å². The van der Waals surface area contributed by atoms with Gasteiger partial charge in [0, 0.05) is 53.5 Å². The topological polar surface area (TPSA) is 84.9 Å². The van der Waals surface area contributed by atoms with E-state index in [0.717, 1.165) is 37.1 Å². The van der Waals surface area contributed by atoms with E-state index >= 15 is 0 Å². The maximum Gasteiger partial charge on any atom is 0.262 e. The smallest absolute Gasteiger partial charge is 0.262 e. The average molecular weight is 604 g/mol. The Morgan fingerprint density at radius 2 is 1.57 bits per heavy atom. The number of anilines is 1. The quantitative estimate of drug-likeness (QED) is 0.363. The number of methoxy groups -OCH3 is 1. The minimum absolute atomic E-state index is 0.0593. The molecule has 1 heterocycles. The molecule has 1 aliphatic heterocycles. The van der Waals surface area contributed by atoms with Gasteiger partial charge in [0.15, 0.2) is 29.7 Å². The van der Waals surface area contributed by atoms with Gasteiger partial charge in [-0.1, -0.05) is 34.8 Å². The number of hydrogen-bond acceptors (Lipinski definition) is 6. The molecule has 5 rings (SSSR count). The fraction of sp³-hybridized carbons (Fsp3) is 0.367. The van der Waals surface area contributed by atoms with Crippen LogP contribution < -0.4 is 14.8 Å². The highest BCUT2D eigenvalue weighted by Crippen LogP contribution is 2.51. The summed E-state index contributed by atoms with van der Waals surface area (Å²) in [6, 6.07) is 8.22. The lowest BCUT2D eigenvalue weighted by Crippen LogP contribution is -2.39. The normalized spacial score (nSPS) is 17.6. The first-order valence-corrected chi connectivity index (χ1v) is 14.4. The number of carbonyl (C=O) groups is 3. The third kappa shape index (κ3) is 5.35. The lowest BCUT2D eigenvalue weighted by atomic mass is 9.71. The van der Waals surface area contributed by atoms with Gasteiger partial charge in [0.05, 0.1) is 22.2 Å². The van der Waals surface area contributed by atoms with Crippen molar-refractivity contribution in [1.82, 2.24) is 4.90 Å². The van der Waals surface area contributed by atoms with Gasteiger partial charge in [-0.05, 0) is 68.5 Å². The zero-order valence-electron chi connectivity index (χ0n) is 22.2. The Hall–Kier alpha value is -3.00. The molecule has 210 valence electrons. The van der Waals surface area contributed by atoms with Crippen LogP contribution in [0.3, 0.4) is 0 Å². The van der Waals surface area contributed by atoms with E-state index in [2.05, 4.69) is 17.1 Å². The molecule has 0 aromatic heterocycles. The van der Waals surface area contributed by atoms with Gasteiger partial charge in [-0.25, -0.2) is 0 Å². The van der Waals surface area contributed by atoms with Crippen LogP contribution in [0.5, 0.6) is 11.5 Å². The van der Waals surface area contributed by atoms with Gasteiger partial charge in [0.2, 0.25) is 0 Å². The van der Waals surface area contributed by atoms with Crippen LogP contribution in [0.25, 0.3) is 0 Å². The molecule has 0 spiro atoms. The van der Waals surface area contributed by atoms with Gasteiger partial charge in [-0.2, -0.15) is 0 Å². The highest BCUT2D eigenvalue weighted by Gasteiger charge is 2.43. The van der Waals surface area contributed by atoms with Crippen LogP contribution in [0.4, 0.5) is 5.69 Å². The molecule has 0 radical (unpaired) electrons. The molecule has 0 saturated carbocycles. The minimum Gasteiger partial charge on any atom is -0.493 e. The Labute approximate surface area is 248 Å². The largest absolute Gasteiger partial charge is 0.493 e. The lowest BCUT2D eigenvalue weighted by Gasteiger charge is -2.43. The summed E-state index contributed by atoms with van der Waals surface area (Å²) in [6.07, 6.45) is 4.05. The Morgan fingerprint density at radius 1 is 0.925 bits per heavy atom. The van der Waals surface area contributed by atoms with Gasteiger partial charge in [-0.3, -0.25) is 14.4 Å². The molecule has 0 bridgehead atoms. The van der Waals surface area contributed by atoms with Crippen molar-refractivity contribution in [2.75, 3.05) is 25.6 Å². The van der Waals surface area contributed by atoms with Crippen LogP contribution in [-0.4, -0.2) is 42.6 Å². The minimum atomic E-state index is -0.521. The zero-order chi connectivity index (χ0) is 28.6. The van der Waals surface area contributed by atoms with Crippen molar-refractivity contribution in [2.45, 2.75) is 51.4 Å². The second kappa shape index (κ2) is 11.9. The Morgan fingerprint density at radius 3 is 2.15 bits per heavy atom. The van der Waals surface area contributed by atoms with E-state index in [1.54, 1.807) is 30.3 Å². The summed E-state index contributed by atoms with van der Waals surface area (Å²) in [5, 5.41) is 3.61. The van der Waals surface area contributed by atoms with Crippen LogP contribution >= 0.6 is 34.8 Å². The first kappa shape index (κ1) is 28.5. The number of halogens is 3. The molecule has 3 aliphatic rings. The van der Waals surface area contributed by atoms with Crippen molar-refractivity contribution in [3.8, 4) is 11.5 Å². The van der Waals surface area contributed by atoms with Crippen LogP contribution in [0.1, 0.15) is 56.9 Å². The Balaban J connectivity index is 1.47. The van der Waals surface area contributed by atoms with E-state index in [-0.39, 0.29) is 28.9 Å². The second-order valence-corrected chi connectivity index (χ2v) is 11.2. The number of rotatable bonds is 7. The molecule has 2 aromatic rings. The second-order valence-electron chi connectivity index (χ2n) is 9.95. The van der Waals surface area contributed by atoms with Crippen molar-refractivity contribution >= 4 is 58.0 Å². The van der Waals surface area contributed by atoms with Crippen LogP contribution in [0.15, 0.2) is 52.9 Å². The summed E-state index contributed by atoms with van der Waals surface area (Å²) >= 11 is 18.7. The fourth-order valence-electron chi connectivity index (χ4n) is 5.89. The van der Waals surface area contributed by atoms with Crippen molar-refractivity contribution in [1.29, 1.82) is 0 Å². The first-order chi connectivity index (χ1) is 19.2. The number of allylic oxidation sites excluding steroid dienone is 4. The highest BCUT2D eigenvalue weighted by atomic mass is 35.5. The van der Waals surface area contributed by atoms with Crippen LogP contribution in [0, 0.1) is 0 Å². The van der Waals surface area contributed by atoms with E-state index in [1.165, 1.54) is 7.11 Å². The van der Waals surface area contributed by atoms with Crippen molar-refractivity contribution in [3.05, 3.63) is 73.5 Å². The van der Waals surface area contributed by atoms with Crippen LogP contribution in [0.2, 0.25) is 15.1 Å². The molecule has 0 saturated heterocycles. The molecule has 0 fully saturated rings. The maximum atomic E-state index is 13.4. The highest BCUT2D eigenvalue weighted by molar-refractivity contribution is 6.42. The first-order valence-electron chi connectivity index (χ1n) is 13.3. The average Bonchev–Trinajstić information content (AvgIpc) is 2.93. The number of benzene rings is 2. The third-order valence-corrected chi connectivity index (χ3v) is 8.56. The predicted octanol–water partition coefficient (Wildman–Crippen LogP) is 7.11. The molecule has 0 atom stereocenters. The molecule has 40 heavy (non-hydrogen) atoms. The maximum absolute atomic E-state index is 13.4. The third-order valence-electron chi connectivity index (χ3n) is 7.54. The van der Waals surface area contributed by atoms with Gasteiger partial charge in [-0.15, -0.1) is 0 Å². The fourth-order valence-corrected chi connectivity index (χ4v) is 6.46. The molecule has 0 unspecified atom stereocenters. The standard InChI is InChI=1S/C30H29Cl3N2O5/c1-3-35-21-6-4-8-23(36)28(21)27(29-22(35)7-5-9-24(29)37)16-12-20(33)30(25(13-16)39-2)40-15-26(38)34-17-10-11-18(31)19(32)14-17/h10-14,27H,3-9,15H2,1-2H3,(H,34,38). The summed E-state index contributed by atoms with van der Waals surface area (Å²) in [5.41, 5.74) is 4.52. The molecule has 2 aliphatic carbocycles. The van der Waals surface area contributed by atoms with E-state index in [4.69, 9.17) is 44.3 Å². The van der Waals surface area contributed by atoms with E-state index < -0.39 is 11.8 Å². The number of carbonyl (C=O) groups excluding carboxylic acids is 3.